The molecule has 0 unspecified atom stereocenters. The van der Waals surface area contributed by atoms with Crippen molar-refractivity contribution in [2.24, 2.45) is 0 Å². The summed E-state index contributed by atoms with van der Waals surface area (Å²) in [6.45, 7) is -1.20. The molecule has 2 N–H and O–H groups in total. The van der Waals surface area contributed by atoms with E-state index < -0.39 is 23.8 Å². The van der Waals surface area contributed by atoms with Gasteiger partial charge in [-0.3, -0.25) is 9.78 Å². The lowest BCUT2D eigenvalue weighted by molar-refractivity contribution is -0.0520. The molecule has 0 spiro atoms. The minimum absolute atomic E-state index is 0.0430. The Hall–Kier alpha value is -2.35. The number of carbonyl (C=O) groups is 1. The van der Waals surface area contributed by atoms with Crippen molar-refractivity contribution >= 4 is 16.8 Å². The van der Waals surface area contributed by atoms with E-state index in [0.717, 1.165) is 12.1 Å². The number of aliphatic hydroxyl groups is 1. The lowest BCUT2D eigenvalue weighted by Crippen LogP contribution is -2.43. The van der Waals surface area contributed by atoms with E-state index in [-0.39, 0.29) is 23.0 Å². The largest absolute Gasteiger partial charge is 0.432 e. The smallest absolute Gasteiger partial charge is 0.387 e. The fourth-order valence-corrected chi connectivity index (χ4v) is 3.36. The van der Waals surface area contributed by atoms with Crippen LogP contribution >= 0.6 is 0 Å². The second-order valence-electron chi connectivity index (χ2n) is 6.90. The monoisotopic (exact) mass is 382 g/mol. The molecule has 8 heteroatoms. The molecule has 2 aromatic rings. The van der Waals surface area contributed by atoms with Gasteiger partial charge in [0.15, 0.2) is 11.6 Å². The summed E-state index contributed by atoms with van der Waals surface area (Å²) in [6, 6.07) is 3.50. The number of fused-ring (bicyclic) bond motifs is 1. The SMILES string of the molecule is CCC1(O)CCC(NC(=O)c2cnc3cc(OC(F)F)c(F)cc3c2)CC1. The number of carbonyl (C=O) groups excluding carboxylic acids is 1. The maximum atomic E-state index is 13.9. The van der Waals surface area contributed by atoms with Crippen molar-refractivity contribution in [3.8, 4) is 5.75 Å². The van der Waals surface area contributed by atoms with Gasteiger partial charge in [-0.25, -0.2) is 4.39 Å². The molecule has 3 rings (SSSR count). The topological polar surface area (TPSA) is 71.5 Å². The Kier molecular flexibility index (Phi) is 5.55. The first-order chi connectivity index (χ1) is 12.8. The molecular formula is C19H21F3N2O3. The third-order valence-corrected chi connectivity index (χ3v) is 5.12. The molecule has 1 aliphatic rings. The first-order valence-electron chi connectivity index (χ1n) is 8.87. The number of halogens is 3. The normalized spacial score (nSPS) is 22.8. The Balaban J connectivity index is 1.72. The summed E-state index contributed by atoms with van der Waals surface area (Å²) in [5.74, 6) is -1.88. The second kappa shape index (κ2) is 7.72. The average molecular weight is 382 g/mol. The molecule has 0 atom stereocenters. The van der Waals surface area contributed by atoms with E-state index in [1.165, 1.54) is 12.3 Å². The second-order valence-corrected chi connectivity index (χ2v) is 6.90. The van der Waals surface area contributed by atoms with E-state index in [1.807, 2.05) is 6.92 Å². The van der Waals surface area contributed by atoms with Gasteiger partial charge in [0, 0.05) is 23.7 Å². The summed E-state index contributed by atoms with van der Waals surface area (Å²) < 4.78 is 42.6. The highest BCUT2D eigenvalue weighted by atomic mass is 19.3. The van der Waals surface area contributed by atoms with E-state index in [2.05, 4.69) is 15.0 Å². The molecule has 1 saturated carbocycles. The van der Waals surface area contributed by atoms with E-state index in [1.54, 1.807) is 0 Å². The summed E-state index contributed by atoms with van der Waals surface area (Å²) >= 11 is 0. The zero-order valence-electron chi connectivity index (χ0n) is 14.8. The molecular weight excluding hydrogens is 361 g/mol. The zero-order chi connectivity index (χ0) is 19.6. The number of benzene rings is 1. The maximum Gasteiger partial charge on any atom is 0.387 e. The Morgan fingerprint density at radius 2 is 2.07 bits per heavy atom. The van der Waals surface area contributed by atoms with Gasteiger partial charge in [-0.15, -0.1) is 0 Å². The van der Waals surface area contributed by atoms with Crippen LogP contribution in [0.5, 0.6) is 5.75 Å². The third-order valence-electron chi connectivity index (χ3n) is 5.12. The van der Waals surface area contributed by atoms with Crippen molar-refractivity contribution in [2.45, 2.75) is 57.3 Å². The highest BCUT2D eigenvalue weighted by Gasteiger charge is 2.32. The van der Waals surface area contributed by atoms with Crippen molar-refractivity contribution in [3.05, 3.63) is 35.8 Å². The predicted octanol–water partition coefficient (Wildman–Crippen LogP) is 3.79. The number of nitrogens with one attached hydrogen (secondary N) is 1. The third kappa shape index (κ3) is 4.50. The van der Waals surface area contributed by atoms with Crippen LogP contribution in [-0.4, -0.2) is 34.3 Å². The summed E-state index contributed by atoms with van der Waals surface area (Å²) in [5.41, 5.74) is -0.156. The van der Waals surface area contributed by atoms with Crippen molar-refractivity contribution < 1.29 is 27.8 Å². The van der Waals surface area contributed by atoms with Crippen LogP contribution in [0.25, 0.3) is 10.9 Å². The molecule has 0 radical (unpaired) electrons. The van der Waals surface area contributed by atoms with Gasteiger partial charge in [0.1, 0.15) is 0 Å². The Morgan fingerprint density at radius 3 is 2.70 bits per heavy atom. The van der Waals surface area contributed by atoms with Crippen LogP contribution in [-0.2, 0) is 0 Å². The van der Waals surface area contributed by atoms with Crippen LogP contribution in [0.2, 0.25) is 0 Å². The molecule has 1 amide bonds. The van der Waals surface area contributed by atoms with E-state index >= 15 is 0 Å². The zero-order valence-corrected chi connectivity index (χ0v) is 14.8. The number of pyridine rings is 1. The molecule has 1 aromatic heterocycles. The lowest BCUT2D eigenvalue weighted by atomic mass is 9.80. The van der Waals surface area contributed by atoms with Crippen LogP contribution < -0.4 is 10.1 Å². The van der Waals surface area contributed by atoms with Gasteiger partial charge in [-0.05, 0) is 44.2 Å². The Labute approximate surface area is 154 Å². The maximum absolute atomic E-state index is 13.9. The van der Waals surface area contributed by atoms with Crippen molar-refractivity contribution in [1.29, 1.82) is 0 Å². The molecule has 0 aliphatic heterocycles. The number of rotatable bonds is 5. The minimum Gasteiger partial charge on any atom is -0.432 e. The number of nitrogens with zero attached hydrogens (tertiary/aromatic N) is 1. The molecule has 146 valence electrons. The van der Waals surface area contributed by atoms with Crippen LogP contribution in [0.3, 0.4) is 0 Å². The molecule has 27 heavy (non-hydrogen) atoms. The van der Waals surface area contributed by atoms with Gasteiger partial charge in [0.2, 0.25) is 0 Å². The molecule has 0 saturated heterocycles. The number of ether oxygens (including phenoxy) is 1. The fraction of sp³-hybridized carbons (Fsp3) is 0.474. The van der Waals surface area contributed by atoms with E-state index in [4.69, 9.17) is 0 Å². The van der Waals surface area contributed by atoms with Gasteiger partial charge in [0.05, 0.1) is 16.7 Å². The van der Waals surface area contributed by atoms with Crippen LogP contribution in [0.15, 0.2) is 24.4 Å². The summed E-state index contributed by atoms with van der Waals surface area (Å²) in [6.07, 6.45) is 4.61. The van der Waals surface area contributed by atoms with Crippen molar-refractivity contribution in [2.75, 3.05) is 0 Å². The Morgan fingerprint density at radius 1 is 1.37 bits per heavy atom. The number of amides is 1. The van der Waals surface area contributed by atoms with Gasteiger partial charge in [-0.1, -0.05) is 6.92 Å². The van der Waals surface area contributed by atoms with Crippen LogP contribution in [0.4, 0.5) is 13.2 Å². The molecule has 1 heterocycles. The quantitative estimate of drug-likeness (QED) is 0.825. The first-order valence-corrected chi connectivity index (χ1v) is 8.87. The summed E-state index contributed by atoms with van der Waals surface area (Å²) in [5, 5.41) is 13.5. The predicted molar refractivity (Wildman–Crippen MR) is 93.3 cm³/mol. The fourth-order valence-electron chi connectivity index (χ4n) is 3.36. The minimum atomic E-state index is -3.14. The van der Waals surface area contributed by atoms with Gasteiger partial charge in [-0.2, -0.15) is 8.78 Å². The highest BCUT2D eigenvalue weighted by Crippen LogP contribution is 2.31. The Bertz CT molecular complexity index is 836. The lowest BCUT2D eigenvalue weighted by Gasteiger charge is -2.35. The highest BCUT2D eigenvalue weighted by molar-refractivity contribution is 5.97. The summed E-state index contributed by atoms with van der Waals surface area (Å²) in [7, 11) is 0. The standard InChI is InChI=1S/C19H21F3N2O3/c1-2-19(26)5-3-13(4-6-19)24-17(25)12-7-11-8-14(20)16(27-18(21)22)9-15(11)23-10-12/h7-10,13,18,26H,2-6H2,1H3,(H,24,25). The number of alkyl halides is 2. The molecule has 5 nitrogen and oxygen atoms in total. The van der Waals surface area contributed by atoms with Gasteiger partial charge >= 0.3 is 6.61 Å². The van der Waals surface area contributed by atoms with Gasteiger partial charge < -0.3 is 15.2 Å². The van der Waals surface area contributed by atoms with Crippen LogP contribution in [0.1, 0.15) is 49.4 Å². The average Bonchev–Trinajstić information content (AvgIpc) is 2.63. The first kappa shape index (κ1) is 19.4. The summed E-state index contributed by atoms with van der Waals surface area (Å²) in [4.78, 5) is 16.5. The van der Waals surface area contributed by atoms with E-state index in [0.29, 0.717) is 37.5 Å². The van der Waals surface area contributed by atoms with Gasteiger partial charge in [0.25, 0.3) is 5.91 Å². The molecule has 1 aromatic carbocycles. The van der Waals surface area contributed by atoms with Crippen LogP contribution in [0, 0.1) is 5.82 Å². The molecule has 1 aliphatic carbocycles. The number of hydrogen-bond acceptors (Lipinski definition) is 4. The van der Waals surface area contributed by atoms with E-state index in [9.17, 15) is 23.1 Å². The number of hydrogen-bond donors (Lipinski definition) is 2. The number of aromatic nitrogens is 1. The van der Waals surface area contributed by atoms with Crippen molar-refractivity contribution in [3.63, 3.8) is 0 Å². The molecule has 1 fully saturated rings. The molecule has 0 bridgehead atoms. The van der Waals surface area contributed by atoms with Crippen molar-refractivity contribution in [1.82, 2.24) is 10.3 Å².